The van der Waals surface area contributed by atoms with Crippen LogP contribution in [-0.4, -0.2) is 25.0 Å². The molecule has 0 heterocycles. The number of hydrogen-bond donors (Lipinski definition) is 0. The third-order valence-corrected chi connectivity index (χ3v) is 2.41. The van der Waals surface area contributed by atoms with Gasteiger partial charge in [-0.15, -0.1) is 0 Å². The average Bonchev–Trinajstić information content (AvgIpc) is 2.41. The molecule has 0 aliphatic rings. The van der Waals surface area contributed by atoms with Crippen LogP contribution < -0.4 is 4.74 Å². The van der Waals surface area contributed by atoms with E-state index < -0.39 is 17.7 Å². The lowest BCUT2D eigenvalue weighted by Gasteiger charge is -2.08. The highest BCUT2D eigenvalue weighted by Crippen LogP contribution is 2.31. The van der Waals surface area contributed by atoms with Crippen LogP contribution >= 0.6 is 0 Å². The molecule has 1 aromatic rings. The molecule has 1 aromatic carbocycles. The first-order valence-electron chi connectivity index (χ1n) is 6.39. The van der Waals surface area contributed by atoms with E-state index in [1.54, 1.807) is 0 Å². The van der Waals surface area contributed by atoms with Crippen molar-refractivity contribution in [3.63, 3.8) is 0 Å². The summed E-state index contributed by atoms with van der Waals surface area (Å²) in [5, 5.41) is 0. The van der Waals surface area contributed by atoms with E-state index >= 15 is 0 Å². The van der Waals surface area contributed by atoms with Crippen molar-refractivity contribution in [2.75, 3.05) is 13.2 Å². The quantitative estimate of drug-likeness (QED) is 0.440. The molecule has 0 aromatic heterocycles. The minimum absolute atomic E-state index is 0.0297. The summed E-state index contributed by atoms with van der Waals surface area (Å²) in [4.78, 5) is 21.6. The van der Waals surface area contributed by atoms with Crippen molar-refractivity contribution in [1.29, 1.82) is 0 Å². The lowest BCUT2D eigenvalue weighted by atomic mass is 10.2. The van der Waals surface area contributed by atoms with Gasteiger partial charge in [-0.2, -0.15) is 13.2 Å². The van der Waals surface area contributed by atoms with Crippen LogP contribution in [0, 0.1) is 0 Å². The number of rotatable bonds is 7. The van der Waals surface area contributed by atoms with Crippen LogP contribution in [0.2, 0.25) is 0 Å². The van der Waals surface area contributed by atoms with Gasteiger partial charge in [-0.3, -0.25) is 9.59 Å². The highest BCUT2D eigenvalue weighted by molar-refractivity contribution is 5.94. The average molecular weight is 316 g/mol. The fraction of sp³-hybridized carbons (Fsp3) is 0.333. The maximum absolute atomic E-state index is 12.5. The highest BCUT2D eigenvalue weighted by Gasteiger charge is 2.30. The third kappa shape index (κ3) is 6.92. The zero-order chi connectivity index (χ0) is 16.6. The predicted molar refractivity (Wildman–Crippen MR) is 72.3 cm³/mol. The summed E-state index contributed by atoms with van der Waals surface area (Å²) in [6.07, 6.45) is -1.72. The molecule has 0 N–H and O–H groups in total. The molecule has 7 heteroatoms. The van der Waals surface area contributed by atoms with E-state index in [0.717, 1.165) is 12.1 Å². The molecule has 0 fully saturated rings. The van der Waals surface area contributed by atoms with E-state index in [1.165, 1.54) is 31.2 Å². The fourth-order valence-corrected chi connectivity index (χ4v) is 1.44. The molecular weight excluding hydrogens is 301 g/mol. The summed E-state index contributed by atoms with van der Waals surface area (Å²) < 4.78 is 47.3. The second kappa shape index (κ2) is 8.21. The van der Waals surface area contributed by atoms with Crippen LogP contribution in [0.3, 0.4) is 0 Å². The van der Waals surface area contributed by atoms with Gasteiger partial charge in [0.2, 0.25) is 0 Å². The highest BCUT2D eigenvalue weighted by atomic mass is 19.4. The van der Waals surface area contributed by atoms with Crippen LogP contribution in [-0.2, 0) is 20.5 Å². The molecule has 0 radical (unpaired) electrons. The lowest BCUT2D eigenvalue weighted by Crippen LogP contribution is -2.08. The number of carbonyl (C=O) groups is 2. The first-order chi connectivity index (χ1) is 10.3. The van der Waals surface area contributed by atoms with Crippen molar-refractivity contribution >= 4 is 11.8 Å². The molecular formula is C15H15F3O4. The van der Waals surface area contributed by atoms with Crippen LogP contribution in [0.5, 0.6) is 5.75 Å². The van der Waals surface area contributed by atoms with Crippen molar-refractivity contribution in [3.8, 4) is 5.75 Å². The monoisotopic (exact) mass is 316 g/mol. The number of alkyl halides is 3. The molecule has 0 spiro atoms. The molecule has 0 atom stereocenters. The van der Waals surface area contributed by atoms with Gasteiger partial charge >= 0.3 is 12.1 Å². The van der Waals surface area contributed by atoms with E-state index in [2.05, 4.69) is 0 Å². The van der Waals surface area contributed by atoms with Crippen molar-refractivity contribution in [2.45, 2.75) is 19.5 Å². The third-order valence-electron chi connectivity index (χ3n) is 2.41. The first kappa shape index (κ1) is 17.7. The van der Waals surface area contributed by atoms with Crippen LogP contribution in [0.15, 0.2) is 36.4 Å². The van der Waals surface area contributed by atoms with Gasteiger partial charge < -0.3 is 9.47 Å². The molecule has 0 saturated heterocycles. The Labute approximate surface area is 125 Å². The zero-order valence-corrected chi connectivity index (χ0v) is 11.9. The van der Waals surface area contributed by atoms with Crippen LogP contribution in [0.4, 0.5) is 13.2 Å². The molecule has 0 aliphatic heterocycles. The minimum Gasteiger partial charge on any atom is -0.490 e. The summed E-state index contributed by atoms with van der Waals surface area (Å²) in [6, 6.07) is 4.53. The SMILES string of the molecule is CC(=O)CC(=O)OC/C=C/COc1cccc(C(F)(F)F)c1. The Kier molecular flexibility index (Phi) is 6.62. The van der Waals surface area contributed by atoms with E-state index in [9.17, 15) is 22.8 Å². The molecule has 120 valence electrons. The van der Waals surface area contributed by atoms with Gasteiger partial charge in [-0.05, 0) is 37.3 Å². The standard InChI is InChI=1S/C15H15F3O4/c1-11(19)9-14(20)22-8-3-2-7-21-13-6-4-5-12(10-13)15(16,17)18/h2-6,10H,7-9H2,1H3/b3-2+. The Hall–Kier alpha value is -2.31. The zero-order valence-electron chi connectivity index (χ0n) is 11.9. The number of esters is 1. The van der Waals surface area contributed by atoms with Crippen LogP contribution in [0.1, 0.15) is 18.9 Å². The van der Waals surface area contributed by atoms with E-state index in [-0.39, 0.29) is 31.2 Å². The van der Waals surface area contributed by atoms with Gasteiger partial charge in [-0.1, -0.05) is 6.07 Å². The molecule has 0 saturated carbocycles. The van der Waals surface area contributed by atoms with Gasteiger partial charge in [0, 0.05) is 0 Å². The van der Waals surface area contributed by atoms with Crippen molar-refractivity contribution in [3.05, 3.63) is 42.0 Å². The topological polar surface area (TPSA) is 52.6 Å². The number of benzene rings is 1. The van der Waals surface area contributed by atoms with Gasteiger partial charge in [0.25, 0.3) is 0 Å². The number of ketones is 1. The number of carbonyl (C=O) groups excluding carboxylic acids is 2. The van der Waals surface area contributed by atoms with E-state index in [1.807, 2.05) is 0 Å². The largest absolute Gasteiger partial charge is 0.490 e. The number of ether oxygens (including phenoxy) is 2. The lowest BCUT2D eigenvalue weighted by molar-refractivity contribution is -0.144. The Balaban J connectivity index is 2.34. The van der Waals surface area contributed by atoms with Crippen molar-refractivity contribution in [2.24, 2.45) is 0 Å². The fourth-order valence-electron chi connectivity index (χ4n) is 1.44. The van der Waals surface area contributed by atoms with E-state index in [4.69, 9.17) is 9.47 Å². The van der Waals surface area contributed by atoms with Crippen LogP contribution in [0.25, 0.3) is 0 Å². The van der Waals surface area contributed by atoms with Gasteiger partial charge in [-0.25, -0.2) is 0 Å². The predicted octanol–water partition coefficient (Wildman–Crippen LogP) is 3.16. The maximum Gasteiger partial charge on any atom is 0.416 e. The molecule has 0 unspecified atom stereocenters. The second-order valence-electron chi connectivity index (χ2n) is 4.37. The molecule has 4 nitrogen and oxygen atoms in total. The second-order valence-corrected chi connectivity index (χ2v) is 4.37. The minimum atomic E-state index is -4.42. The molecule has 0 bridgehead atoms. The number of Topliss-reactive ketones (excluding diaryl/α,β-unsaturated/α-hetero) is 1. The van der Waals surface area contributed by atoms with Gasteiger partial charge in [0.05, 0.1) is 5.56 Å². The summed E-state index contributed by atoms with van der Waals surface area (Å²) in [7, 11) is 0. The van der Waals surface area contributed by atoms with Gasteiger partial charge in [0.1, 0.15) is 31.2 Å². The van der Waals surface area contributed by atoms with Gasteiger partial charge in [0.15, 0.2) is 0 Å². The summed E-state index contributed by atoms with van der Waals surface area (Å²) in [5.74, 6) is -0.828. The normalized spacial score (nSPS) is 11.5. The smallest absolute Gasteiger partial charge is 0.416 e. The maximum atomic E-state index is 12.5. The summed E-state index contributed by atoms with van der Waals surface area (Å²) >= 11 is 0. The number of hydrogen-bond acceptors (Lipinski definition) is 4. The summed E-state index contributed by atoms with van der Waals surface area (Å²) in [6.45, 7) is 1.28. The summed E-state index contributed by atoms with van der Waals surface area (Å²) in [5.41, 5.74) is -0.785. The Morgan fingerprint density at radius 1 is 1.18 bits per heavy atom. The molecule has 22 heavy (non-hydrogen) atoms. The Morgan fingerprint density at radius 2 is 1.86 bits per heavy atom. The Bertz CT molecular complexity index is 550. The molecule has 1 rings (SSSR count). The Morgan fingerprint density at radius 3 is 2.50 bits per heavy atom. The molecule has 0 amide bonds. The van der Waals surface area contributed by atoms with Crippen molar-refractivity contribution < 1.29 is 32.2 Å². The van der Waals surface area contributed by atoms with E-state index in [0.29, 0.717) is 0 Å². The van der Waals surface area contributed by atoms with Crippen molar-refractivity contribution in [1.82, 2.24) is 0 Å². The number of halogens is 3. The first-order valence-corrected chi connectivity index (χ1v) is 6.39. The molecule has 0 aliphatic carbocycles.